The summed E-state index contributed by atoms with van der Waals surface area (Å²) in [7, 11) is 0. The van der Waals surface area contributed by atoms with Gasteiger partial charge in [-0.25, -0.2) is 0 Å². The Morgan fingerprint density at radius 1 is 1.88 bits per heavy atom. The van der Waals surface area contributed by atoms with E-state index in [1.54, 1.807) is 0 Å². The van der Waals surface area contributed by atoms with Crippen LogP contribution >= 0.6 is 0 Å². The molecule has 0 amide bonds. The van der Waals surface area contributed by atoms with Crippen molar-refractivity contribution in [3.63, 3.8) is 0 Å². The van der Waals surface area contributed by atoms with Crippen LogP contribution in [0.25, 0.3) is 0 Å². The first-order valence-electron chi connectivity index (χ1n) is 2.57. The van der Waals surface area contributed by atoms with Crippen LogP contribution in [0.15, 0.2) is 12.2 Å². The minimum atomic E-state index is 0.0833. The molecule has 0 aliphatic carbocycles. The zero-order valence-electron chi connectivity index (χ0n) is 4.43. The fourth-order valence-electron chi connectivity index (χ4n) is 0.702. The van der Waals surface area contributed by atoms with Crippen LogP contribution in [0.1, 0.15) is 0 Å². The van der Waals surface area contributed by atoms with Gasteiger partial charge in [0.1, 0.15) is 6.61 Å². The van der Waals surface area contributed by atoms with Gasteiger partial charge in [-0.2, -0.15) is 4.94 Å². The minimum absolute atomic E-state index is 0.0833. The van der Waals surface area contributed by atoms with Crippen LogP contribution in [-0.2, 0) is 4.94 Å². The molecule has 8 heavy (non-hydrogen) atoms. The Hall–Kier alpha value is -0.410. The van der Waals surface area contributed by atoms with Gasteiger partial charge in [-0.15, -0.1) is 0 Å². The lowest BCUT2D eigenvalue weighted by Crippen LogP contribution is -2.25. The number of nitrogens with one attached hydrogen (secondary N) is 1. The molecule has 0 radical (unpaired) electrons. The molecule has 0 spiro atoms. The molecule has 0 aromatic heterocycles. The number of hydrogen-bond donors (Lipinski definition) is 1. The molecule has 1 aliphatic rings. The van der Waals surface area contributed by atoms with Crippen LogP contribution in [0.5, 0.6) is 0 Å². The Labute approximate surface area is 47.2 Å². The van der Waals surface area contributed by atoms with Crippen LogP contribution in [0.2, 0.25) is 0 Å². The van der Waals surface area contributed by atoms with Crippen molar-refractivity contribution >= 4 is 0 Å². The van der Waals surface area contributed by atoms with E-state index in [0.29, 0.717) is 0 Å². The quantitative estimate of drug-likeness (QED) is 0.529. The monoisotopic (exact) mass is 117 g/mol. The Morgan fingerprint density at radius 3 is 3.25 bits per heavy atom. The second-order valence-electron chi connectivity index (χ2n) is 1.72. The van der Waals surface area contributed by atoms with Crippen molar-refractivity contribution in [2.24, 2.45) is 0 Å². The summed E-state index contributed by atoms with van der Waals surface area (Å²) in [5.74, 6) is 0. The van der Waals surface area contributed by atoms with Crippen LogP contribution in [-0.4, -0.2) is 19.2 Å². The first-order valence-corrected chi connectivity index (χ1v) is 2.57. The summed E-state index contributed by atoms with van der Waals surface area (Å²) in [6, 6.07) is 0.0833. The van der Waals surface area contributed by atoms with E-state index < -0.39 is 0 Å². The van der Waals surface area contributed by atoms with Crippen LogP contribution in [0.3, 0.4) is 0 Å². The Kier molecular flexibility index (Phi) is 2.00. The Bertz CT molecular complexity index is 94.4. The van der Waals surface area contributed by atoms with Crippen molar-refractivity contribution < 1.29 is 9.47 Å². The van der Waals surface area contributed by atoms with Crippen LogP contribution < -0.4 is 5.32 Å². The Morgan fingerprint density at radius 2 is 2.75 bits per heavy atom. The van der Waals surface area contributed by atoms with Gasteiger partial charge in [-0.1, -0.05) is 12.2 Å². The topological polar surface area (TPSA) is 21.3 Å². The highest BCUT2D eigenvalue weighted by molar-refractivity contribution is 5.01. The summed E-state index contributed by atoms with van der Waals surface area (Å²) >= 11 is 0. The van der Waals surface area contributed by atoms with Crippen molar-refractivity contribution in [3.05, 3.63) is 12.2 Å². The summed E-state index contributed by atoms with van der Waals surface area (Å²) < 4.78 is 11.1. The average molecular weight is 117 g/mol. The minimum Gasteiger partial charge on any atom is -0.305 e. The van der Waals surface area contributed by atoms with Gasteiger partial charge in [-0.05, 0) is 4.53 Å². The van der Waals surface area contributed by atoms with Gasteiger partial charge in [0.15, 0.2) is 0 Å². The maximum atomic E-state index is 11.1. The maximum absolute atomic E-state index is 11.1. The second-order valence-corrected chi connectivity index (χ2v) is 1.72. The molecule has 1 rings (SSSR count). The summed E-state index contributed by atoms with van der Waals surface area (Å²) in [6.45, 7) is 0.949. The normalized spacial score (nSPS) is 26.9. The SMILES string of the molecule is FOCC1C=CCN1. The predicted molar refractivity (Wildman–Crippen MR) is 28.0 cm³/mol. The highest BCUT2D eigenvalue weighted by atomic mass is 19.3. The molecule has 0 fully saturated rings. The molecule has 0 bridgehead atoms. The molecule has 1 heterocycles. The lowest BCUT2D eigenvalue weighted by atomic mass is 10.3. The van der Waals surface area contributed by atoms with E-state index in [1.165, 1.54) is 0 Å². The summed E-state index contributed by atoms with van der Waals surface area (Å²) in [6.07, 6.45) is 3.84. The molecule has 0 aromatic carbocycles. The van der Waals surface area contributed by atoms with Crippen molar-refractivity contribution in [3.8, 4) is 0 Å². The number of rotatable bonds is 2. The summed E-state index contributed by atoms with van der Waals surface area (Å²) in [4.78, 5) is 3.41. The van der Waals surface area contributed by atoms with E-state index in [0.717, 1.165) is 6.54 Å². The first-order chi connectivity index (χ1) is 3.93. The van der Waals surface area contributed by atoms with E-state index in [2.05, 4.69) is 10.3 Å². The lowest BCUT2D eigenvalue weighted by Gasteiger charge is -2.02. The molecule has 46 valence electrons. The smallest absolute Gasteiger partial charge is 0.106 e. The fourth-order valence-corrected chi connectivity index (χ4v) is 0.702. The molecule has 2 nitrogen and oxygen atoms in total. The standard InChI is InChI=1S/C5H8FNO/c6-8-4-5-2-1-3-7-5/h1-2,5,7H,3-4H2. The van der Waals surface area contributed by atoms with Gasteiger partial charge in [-0.3, -0.25) is 0 Å². The van der Waals surface area contributed by atoms with Gasteiger partial charge in [0, 0.05) is 6.54 Å². The van der Waals surface area contributed by atoms with Crippen molar-refractivity contribution in [1.29, 1.82) is 0 Å². The van der Waals surface area contributed by atoms with E-state index in [-0.39, 0.29) is 12.6 Å². The molecule has 1 unspecified atom stereocenters. The molecule has 3 heteroatoms. The van der Waals surface area contributed by atoms with E-state index >= 15 is 0 Å². The molecule has 1 N–H and O–H groups in total. The van der Waals surface area contributed by atoms with E-state index in [4.69, 9.17) is 0 Å². The third-order valence-electron chi connectivity index (χ3n) is 1.11. The molecule has 0 saturated heterocycles. The third-order valence-corrected chi connectivity index (χ3v) is 1.11. The third kappa shape index (κ3) is 1.28. The van der Waals surface area contributed by atoms with Gasteiger partial charge in [0.25, 0.3) is 0 Å². The number of hydrogen-bond acceptors (Lipinski definition) is 2. The maximum Gasteiger partial charge on any atom is 0.106 e. The van der Waals surface area contributed by atoms with Crippen LogP contribution in [0.4, 0.5) is 4.53 Å². The van der Waals surface area contributed by atoms with Gasteiger partial charge >= 0.3 is 0 Å². The fraction of sp³-hybridized carbons (Fsp3) is 0.600. The lowest BCUT2D eigenvalue weighted by molar-refractivity contribution is -0.134. The summed E-state index contributed by atoms with van der Waals surface area (Å²) in [5.41, 5.74) is 0. The average Bonchev–Trinajstić information content (AvgIpc) is 2.19. The van der Waals surface area contributed by atoms with Gasteiger partial charge in [0.05, 0.1) is 6.04 Å². The zero-order valence-corrected chi connectivity index (χ0v) is 4.43. The molecule has 1 atom stereocenters. The second kappa shape index (κ2) is 2.79. The molecule has 1 aliphatic heterocycles. The van der Waals surface area contributed by atoms with E-state index in [9.17, 15) is 4.53 Å². The Balaban J connectivity index is 2.16. The molecular weight excluding hydrogens is 109 g/mol. The van der Waals surface area contributed by atoms with Gasteiger partial charge < -0.3 is 5.32 Å². The molecular formula is C5H8FNO. The predicted octanol–water partition coefficient (Wildman–Crippen LogP) is 0.415. The van der Waals surface area contributed by atoms with Gasteiger partial charge in [0.2, 0.25) is 0 Å². The van der Waals surface area contributed by atoms with Crippen LogP contribution in [0, 0.1) is 0 Å². The van der Waals surface area contributed by atoms with E-state index in [1.807, 2.05) is 12.2 Å². The first kappa shape index (κ1) is 5.72. The van der Waals surface area contributed by atoms with Crippen molar-refractivity contribution in [2.45, 2.75) is 6.04 Å². The highest BCUT2D eigenvalue weighted by Crippen LogP contribution is 1.94. The summed E-state index contributed by atoms with van der Waals surface area (Å²) in [5, 5.41) is 2.98. The molecule has 0 saturated carbocycles. The van der Waals surface area contributed by atoms with Crippen molar-refractivity contribution in [2.75, 3.05) is 13.2 Å². The molecule has 0 aromatic rings. The largest absolute Gasteiger partial charge is 0.305 e. The number of halogens is 1. The zero-order chi connectivity index (χ0) is 5.82. The highest BCUT2D eigenvalue weighted by Gasteiger charge is 2.06. The van der Waals surface area contributed by atoms with Crippen molar-refractivity contribution in [1.82, 2.24) is 5.32 Å².